The first kappa shape index (κ1) is 12.4. The second-order valence-electron chi connectivity index (χ2n) is 4.90. The van der Waals surface area contributed by atoms with E-state index >= 15 is 0 Å². The monoisotopic (exact) mass is 234 g/mol. The lowest BCUT2D eigenvalue weighted by Gasteiger charge is -2.23. The molecule has 2 unspecified atom stereocenters. The molecule has 3 nitrogen and oxygen atoms in total. The number of nitrogens with zero attached hydrogens (tertiary/aromatic N) is 1. The fourth-order valence-corrected chi connectivity index (χ4v) is 2.32. The number of benzene rings is 1. The molecule has 0 bridgehead atoms. The minimum absolute atomic E-state index is 0.379. The fourth-order valence-electron chi connectivity index (χ4n) is 2.32. The Morgan fingerprint density at radius 3 is 2.53 bits per heavy atom. The van der Waals surface area contributed by atoms with Crippen LogP contribution in [-0.2, 0) is 11.3 Å². The van der Waals surface area contributed by atoms with Crippen LogP contribution >= 0.6 is 0 Å². The van der Waals surface area contributed by atoms with Crippen LogP contribution in [0.1, 0.15) is 25.3 Å². The predicted octanol–water partition coefficient (Wildman–Crippen LogP) is 2.15. The minimum Gasteiger partial charge on any atom is -0.373 e. The summed E-state index contributed by atoms with van der Waals surface area (Å²) in [6.07, 6.45) is 3.16. The van der Waals surface area contributed by atoms with E-state index in [0.717, 1.165) is 6.54 Å². The third-order valence-electron chi connectivity index (χ3n) is 3.41. The summed E-state index contributed by atoms with van der Waals surface area (Å²) in [6, 6.07) is 8.43. The van der Waals surface area contributed by atoms with Crippen LogP contribution in [0.25, 0.3) is 0 Å². The SMILES string of the molecule is CC1CCC(CN(C)c2ccc(CN)cc2)O1. The van der Waals surface area contributed by atoms with Gasteiger partial charge in [-0.15, -0.1) is 0 Å². The number of hydrogen-bond donors (Lipinski definition) is 1. The Balaban J connectivity index is 1.92. The molecule has 0 aliphatic carbocycles. The van der Waals surface area contributed by atoms with Gasteiger partial charge in [0.15, 0.2) is 0 Å². The summed E-state index contributed by atoms with van der Waals surface area (Å²) < 4.78 is 5.84. The molecule has 2 N–H and O–H groups in total. The first-order valence-corrected chi connectivity index (χ1v) is 6.34. The average Bonchev–Trinajstić information content (AvgIpc) is 2.75. The fraction of sp³-hybridized carbons (Fsp3) is 0.571. The van der Waals surface area contributed by atoms with Crippen LogP contribution < -0.4 is 10.6 Å². The molecule has 0 amide bonds. The van der Waals surface area contributed by atoms with Crippen molar-refractivity contribution >= 4 is 5.69 Å². The normalized spacial score (nSPS) is 23.9. The maximum atomic E-state index is 5.84. The molecule has 1 aliphatic rings. The van der Waals surface area contributed by atoms with Crippen LogP contribution in [-0.4, -0.2) is 25.8 Å². The van der Waals surface area contributed by atoms with E-state index in [-0.39, 0.29) is 0 Å². The molecule has 0 aromatic heterocycles. The van der Waals surface area contributed by atoms with Crippen molar-refractivity contribution in [1.29, 1.82) is 0 Å². The second-order valence-corrected chi connectivity index (χ2v) is 4.90. The molecule has 0 spiro atoms. The highest BCUT2D eigenvalue weighted by Crippen LogP contribution is 2.22. The van der Waals surface area contributed by atoms with Gasteiger partial charge in [-0.25, -0.2) is 0 Å². The molecule has 3 heteroatoms. The quantitative estimate of drug-likeness (QED) is 0.867. The van der Waals surface area contributed by atoms with Crippen molar-refractivity contribution in [3.63, 3.8) is 0 Å². The highest BCUT2D eigenvalue weighted by atomic mass is 16.5. The highest BCUT2D eigenvalue weighted by Gasteiger charge is 2.22. The summed E-state index contributed by atoms with van der Waals surface area (Å²) in [6.45, 7) is 3.72. The molecule has 17 heavy (non-hydrogen) atoms. The standard InChI is InChI=1S/C14H22N2O/c1-11-3-8-14(17-11)10-16(2)13-6-4-12(9-15)5-7-13/h4-7,11,14H,3,8-10,15H2,1-2H3. The van der Waals surface area contributed by atoms with Gasteiger partial charge in [-0.3, -0.25) is 0 Å². The Kier molecular flexibility index (Phi) is 4.02. The summed E-state index contributed by atoms with van der Waals surface area (Å²) in [7, 11) is 2.11. The van der Waals surface area contributed by atoms with E-state index in [1.807, 2.05) is 0 Å². The molecule has 2 rings (SSSR count). The van der Waals surface area contributed by atoms with Crippen LogP contribution in [0.15, 0.2) is 24.3 Å². The van der Waals surface area contributed by atoms with Gasteiger partial charge in [-0.2, -0.15) is 0 Å². The van der Waals surface area contributed by atoms with Gasteiger partial charge in [0.1, 0.15) is 0 Å². The zero-order chi connectivity index (χ0) is 12.3. The number of ether oxygens (including phenoxy) is 1. The van der Waals surface area contributed by atoms with E-state index < -0.39 is 0 Å². The molecule has 1 aromatic carbocycles. The van der Waals surface area contributed by atoms with Crippen LogP contribution in [0.2, 0.25) is 0 Å². The van der Waals surface area contributed by atoms with Gasteiger partial charge < -0.3 is 15.4 Å². The topological polar surface area (TPSA) is 38.5 Å². The maximum Gasteiger partial charge on any atom is 0.0754 e. The van der Waals surface area contributed by atoms with E-state index in [0.29, 0.717) is 18.8 Å². The second kappa shape index (κ2) is 5.52. The Labute approximate surface area is 104 Å². The van der Waals surface area contributed by atoms with Crippen molar-refractivity contribution in [2.75, 3.05) is 18.5 Å². The van der Waals surface area contributed by atoms with Gasteiger partial charge >= 0.3 is 0 Å². The van der Waals surface area contributed by atoms with Gasteiger partial charge in [-0.05, 0) is 37.5 Å². The molecule has 1 fully saturated rings. The van der Waals surface area contributed by atoms with Crippen molar-refractivity contribution in [3.8, 4) is 0 Å². The first-order valence-electron chi connectivity index (χ1n) is 6.34. The largest absolute Gasteiger partial charge is 0.373 e. The van der Waals surface area contributed by atoms with E-state index in [9.17, 15) is 0 Å². The van der Waals surface area contributed by atoms with Gasteiger partial charge in [-0.1, -0.05) is 12.1 Å². The van der Waals surface area contributed by atoms with Crippen LogP contribution in [0.4, 0.5) is 5.69 Å². The molecular formula is C14H22N2O. The third-order valence-corrected chi connectivity index (χ3v) is 3.41. The van der Waals surface area contributed by atoms with Crippen LogP contribution in [0.5, 0.6) is 0 Å². The number of nitrogens with two attached hydrogens (primary N) is 1. The number of anilines is 1. The van der Waals surface area contributed by atoms with Crippen LogP contribution in [0, 0.1) is 0 Å². The number of rotatable bonds is 4. The average molecular weight is 234 g/mol. The molecular weight excluding hydrogens is 212 g/mol. The molecule has 1 aliphatic heterocycles. The Morgan fingerprint density at radius 2 is 2.00 bits per heavy atom. The van der Waals surface area contributed by atoms with Gasteiger partial charge in [0.2, 0.25) is 0 Å². The molecule has 2 atom stereocenters. The summed E-state index contributed by atoms with van der Waals surface area (Å²) in [4.78, 5) is 2.25. The van der Waals surface area contributed by atoms with Crippen molar-refractivity contribution < 1.29 is 4.74 Å². The zero-order valence-electron chi connectivity index (χ0n) is 10.7. The van der Waals surface area contributed by atoms with Crippen molar-refractivity contribution in [2.45, 2.75) is 38.5 Å². The summed E-state index contributed by atoms with van der Waals surface area (Å²) in [5.41, 5.74) is 7.99. The molecule has 0 radical (unpaired) electrons. The molecule has 1 aromatic rings. The minimum atomic E-state index is 0.379. The Hall–Kier alpha value is -1.06. The maximum absolute atomic E-state index is 5.84. The molecule has 0 saturated carbocycles. The van der Waals surface area contributed by atoms with E-state index in [2.05, 4.69) is 43.1 Å². The zero-order valence-corrected chi connectivity index (χ0v) is 10.7. The van der Waals surface area contributed by atoms with E-state index in [1.165, 1.54) is 24.1 Å². The lowest BCUT2D eigenvalue weighted by Crippen LogP contribution is -2.29. The number of likely N-dealkylation sites (N-methyl/N-ethyl adjacent to an activating group) is 1. The van der Waals surface area contributed by atoms with Crippen molar-refractivity contribution in [2.24, 2.45) is 5.73 Å². The third kappa shape index (κ3) is 3.20. The molecule has 1 saturated heterocycles. The van der Waals surface area contributed by atoms with Crippen molar-refractivity contribution in [1.82, 2.24) is 0 Å². The van der Waals surface area contributed by atoms with Gasteiger partial charge in [0.05, 0.1) is 12.2 Å². The highest BCUT2D eigenvalue weighted by molar-refractivity contribution is 5.47. The lowest BCUT2D eigenvalue weighted by molar-refractivity contribution is 0.0606. The predicted molar refractivity (Wildman–Crippen MR) is 71.2 cm³/mol. The van der Waals surface area contributed by atoms with E-state index in [4.69, 9.17) is 10.5 Å². The number of hydrogen-bond acceptors (Lipinski definition) is 3. The Bertz CT molecular complexity index is 350. The van der Waals surface area contributed by atoms with E-state index in [1.54, 1.807) is 0 Å². The van der Waals surface area contributed by atoms with Crippen molar-refractivity contribution in [3.05, 3.63) is 29.8 Å². The van der Waals surface area contributed by atoms with Crippen LogP contribution in [0.3, 0.4) is 0 Å². The summed E-state index contributed by atoms with van der Waals surface area (Å²) in [5, 5.41) is 0. The first-order chi connectivity index (χ1) is 8.19. The Morgan fingerprint density at radius 1 is 1.29 bits per heavy atom. The summed E-state index contributed by atoms with van der Waals surface area (Å²) >= 11 is 0. The summed E-state index contributed by atoms with van der Waals surface area (Å²) in [5.74, 6) is 0. The van der Waals surface area contributed by atoms with Gasteiger partial charge in [0, 0.05) is 25.8 Å². The lowest BCUT2D eigenvalue weighted by atomic mass is 10.1. The molecule has 1 heterocycles. The molecule has 94 valence electrons. The van der Waals surface area contributed by atoms with Gasteiger partial charge in [0.25, 0.3) is 0 Å². The smallest absolute Gasteiger partial charge is 0.0754 e.